The van der Waals surface area contributed by atoms with E-state index in [2.05, 4.69) is 16.6 Å². The van der Waals surface area contributed by atoms with Gasteiger partial charge in [-0.15, -0.1) is 6.58 Å². The molecule has 0 aromatic carbocycles. The van der Waals surface area contributed by atoms with Gasteiger partial charge in [0.15, 0.2) is 0 Å². The zero-order valence-electron chi connectivity index (χ0n) is 10.2. The summed E-state index contributed by atoms with van der Waals surface area (Å²) in [6, 6.07) is 3.75. The van der Waals surface area contributed by atoms with Crippen molar-refractivity contribution >= 4 is 10.0 Å². The van der Waals surface area contributed by atoms with Crippen LogP contribution in [0.3, 0.4) is 0 Å². The summed E-state index contributed by atoms with van der Waals surface area (Å²) in [7, 11) is -3.53. The molecule has 18 heavy (non-hydrogen) atoms. The first-order valence-corrected chi connectivity index (χ1v) is 7.53. The minimum atomic E-state index is -3.53. The maximum Gasteiger partial charge on any atom is 0.273 e. The number of hydrogen-bond acceptors (Lipinski definition) is 4. The van der Waals surface area contributed by atoms with Gasteiger partial charge < -0.3 is 9.73 Å². The third-order valence-corrected chi connectivity index (χ3v) is 4.02. The second-order valence-electron chi connectivity index (χ2n) is 4.35. The molecule has 1 fully saturated rings. The molecule has 1 aliphatic carbocycles. The molecular weight excluding hydrogens is 252 g/mol. The lowest BCUT2D eigenvalue weighted by atomic mass is 10.4. The third-order valence-electron chi connectivity index (χ3n) is 2.68. The number of hydrogen-bond donors (Lipinski definition) is 2. The van der Waals surface area contributed by atoms with Crippen LogP contribution in [0.1, 0.15) is 25.0 Å². The molecular formula is C12H18N2O3S. The van der Waals surface area contributed by atoms with E-state index in [0.29, 0.717) is 31.3 Å². The fourth-order valence-electron chi connectivity index (χ4n) is 1.50. The first-order valence-electron chi connectivity index (χ1n) is 6.04. The lowest BCUT2D eigenvalue weighted by Crippen LogP contribution is -2.24. The predicted molar refractivity (Wildman–Crippen MR) is 68.6 cm³/mol. The van der Waals surface area contributed by atoms with Gasteiger partial charge in [-0.1, -0.05) is 6.08 Å². The van der Waals surface area contributed by atoms with Crippen molar-refractivity contribution in [2.75, 3.05) is 6.54 Å². The Morgan fingerprint density at radius 1 is 1.44 bits per heavy atom. The highest BCUT2D eigenvalue weighted by atomic mass is 32.2. The molecule has 0 atom stereocenters. The molecule has 1 aliphatic rings. The van der Waals surface area contributed by atoms with Gasteiger partial charge in [-0.3, -0.25) is 0 Å². The summed E-state index contributed by atoms with van der Waals surface area (Å²) in [6.07, 6.45) is 4.63. The van der Waals surface area contributed by atoms with Crippen molar-refractivity contribution in [3.8, 4) is 0 Å². The number of nitrogens with one attached hydrogen (secondary N) is 2. The van der Waals surface area contributed by atoms with Crippen molar-refractivity contribution in [2.45, 2.75) is 36.9 Å². The molecule has 0 saturated heterocycles. The summed E-state index contributed by atoms with van der Waals surface area (Å²) in [5.41, 5.74) is 0. The quantitative estimate of drug-likeness (QED) is 0.553. The Kier molecular flexibility index (Phi) is 4.21. The molecule has 1 saturated carbocycles. The van der Waals surface area contributed by atoms with E-state index in [4.69, 9.17) is 4.42 Å². The summed E-state index contributed by atoms with van der Waals surface area (Å²) >= 11 is 0. The molecule has 0 unspecified atom stereocenters. The Bertz CT molecular complexity index is 503. The SMILES string of the molecule is C=CCCNS(=O)(=O)c1ccc(CNC2CC2)o1. The number of rotatable bonds is 8. The van der Waals surface area contributed by atoms with Gasteiger partial charge in [0.1, 0.15) is 5.76 Å². The van der Waals surface area contributed by atoms with Gasteiger partial charge in [0, 0.05) is 12.6 Å². The van der Waals surface area contributed by atoms with Crippen molar-refractivity contribution in [2.24, 2.45) is 0 Å². The van der Waals surface area contributed by atoms with Crippen molar-refractivity contribution < 1.29 is 12.8 Å². The van der Waals surface area contributed by atoms with E-state index < -0.39 is 10.0 Å². The Hall–Kier alpha value is -1.11. The van der Waals surface area contributed by atoms with Crippen molar-refractivity contribution in [1.82, 2.24) is 10.0 Å². The van der Waals surface area contributed by atoms with Crippen LogP contribution in [0.5, 0.6) is 0 Å². The summed E-state index contributed by atoms with van der Waals surface area (Å²) in [5.74, 6) is 0.644. The smallest absolute Gasteiger partial charge is 0.273 e. The highest BCUT2D eigenvalue weighted by molar-refractivity contribution is 7.89. The minimum absolute atomic E-state index is 0.0286. The van der Waals surface area contributed by atoms with E-state index in [1.54, 1.807) is 12.1 Å². The summed E-state index contributed by atoms with van der Waals surface area (Å²) < 4.78 is 31.4. The van der Waals surface area contributed by atoms with Gasteiger partial charge >= 0.3 is 0 Å². The molecule has 0 aliphatic heterocycles. The van der Waals surface area contributed by atoms with E-state index in [9.17, 15) is 8.42 Å². The zero-order chi connectivity index (χ0) is 13.0. The standard InChI is InChI=1S/C12H18N2O3S/c1-2-3-8-14-18(15,16)12-7-6-11(17-12)9-13-10-4-5-10/h2,6-7,10,13-14H,1,3-5,8-9H2. The van der Waals surface area contributed by atoms with Crippen LogP contribution < -0.4 is 10.0 Å². The number of furan rings is 1. The maximum absolute atomic E-state index is 11.8. The fraction of sp³-hybridized carbons (Fsp3) is 0.500. The van der Waals surface area contributed by atoms with Gasteiger partial charge in [0.05, 0.1) is 6.54 Å². The normalized spacial score (nSPS) is 15.8. The molecule has 100 valence electrons. The second kappa shape index (κ2) is 5.69. The lowest BCUT2D eigenvalue weighted by molar-refractivity contribution is 0.399. The third kappa shape index (κ3) is 3.69. The van der Waals surface area contributed by atoms with Crippen LogP contribution in [0.15, 0.2) is 34.3 Å². The van der Waals surface area contributed by atoms with Gasteiger partial charge in [-0.25, -0.2) is 13.1 Å². The van der Waals surface area contributed by atoms with Crippen molar-refractivity contribution in [3.05, 3.63) is 30.5 Å². The van der Waals surface area contributed by atoms with E-state index >= 15 is 0 Å². The van der Waals surface area contributed by atoms with Gasteiger partial charge in [0.25, 0.3) is 10.0 Å². The zero-order valence-corrected chi connectivity index (χ0v) is 11.0. The van der Waals surface area contributed by atoms with Crippen LogP contribution in [-0.4, -0.2) is 21.0 Å². The average molecular weight is 270 g/mol. The van der Waals surface area contributed by atoms with Gasteiger partial charge in [-0.05, 0) is 31.4 Å². The summed E-state index contributed by atoms with van der Waals surface area (Å²) in [4.78, 5) is 0. The summed E-state index contributed by atoms with van der Waals surface area (Å²) in [5, 5.41) is 3.24. The van der Waals surface area contributed by atoms with Crippen LogP contribution in [0.25, 0.3) is 0 Å². The van der Waals surface area contributed by atoms with Crippen LogP contribution >= 0.6 is 0 Å². The minimum Gasteiger partial charge on any atom is -0.447 e. The largest absolute Gasteiger partial charge is 0.447 e. The van der Waals surface area contributed by atoms with Crippen molar-refractivity contribution in [1.29, 1.82) is 0 Å². The molecule has 1 aromatic rings. The Balaban J connectivity index is 1.92. The molecule has 2 N–H and O–H groups in total. The molecule has 6 heteroatoms. The van der Waals surface area contributed by atoms with Gasteiger partial charge in [-0.2, -0.15) is 0 Å². The first kappa shape index (κ1) is 13.3. The Morgan fingerprint density at radius 3 is 2.89 bits per heavy atom. The molecule has 5 nitrogen and oxygen atoms in total. The van der Waals surface area contributed by atoms with Crippen LogP contribution in [-0.2, 0) is 16.6 Å². The monoisotopic (exact) mass is 270 g/mol. The first-order chi connectivity index (χ1) is 8.62. The van der Waals surface area contributed by atoms with E-state index in [0.717, 1.165) is 0 Å². The van der Waals surface area contributed by atoms with Crippen LogP contribution in [0.2, 0.25) is 0 Å². The molecule has 0 amide bonds. The molecule has 1 aromatic heterocycles. The fourth-order valence-corrected chi connectivity index (χ4v) is 2.49. The number of sulfonamides is 1. The summed E-state index contributed by atoms with van der Waals surface area (Å²) in [6.45, 7) is 4.45. The molecule has 1 heterocycles. The van der Waals surface area contributed by atoms with Gasteiger partial charge in [0.2, 0.25) is 5.09 Å². The molecule has 2 rings (SSSR count). The topological polar surface area (TPSA) is 71.3 Å². The average Bonchev–Trinajstić information content (AvgIpc) is 3.03. The van der Waals surface area contributed by atoms with Crippen molar-refractivity contribution in [3.63, 3.8) is 0 Å². The maximum atomic E-state index is 11.8. The van der Waals surface area contributed by atoms with E-state index in [1.807, 2.05) is 0 Å². The predicted octanol–water partition coefficient (Wildman–Crippen LogP) is 1.39. The highest BCUT2D eigenvalue weighted by Crippen LogP contribution is 2.20. The van der Waals surface area contributed by atoms with Crippen LogP contribution in [0, 0.1) is 0 Å². The molecule has 0 spiro atoms. The Morgan fingerprint density at radius 2 is 2.22 bits per heavy atom. The lowest BCUT2D eigenvalue weighted by Gasteiger charge is -2.02. The van der Waals surface area contributed by atoms with E-state index in [1.165, 1.54) is 18.9 Å². The molecule has 0 radical (unpaired) electrons. The highest BCUT2D eigenvalue weighted by Gasteiger charge is 2.22. The van der Waals surface area contributed by atoms with Crippen LogP contribution in [0.4, 0.5) is 0 Å². The Labute approximate surface area is 107 Å². The molecule has 0 bridgehead atoms. The second-order valence-corrected chi connectivity index (χ2v) is 6.05. The van der Waals surface area contributed by atoms with E-state index in [-0.39, 0.29) is 5.09 Å².